The molecule has 0 aromatic rings. The van der Waals surface area contributed by atoms with Gasteiger partial charge in [0.15, 0.2) is 0 Å². The number of rotatable bonds is 3. The molecule has 4 unspecified atom stereocenters. The molecule has 0 amide bonds. The number of ether oxygens (including phenoxy) is 1. The Bertz CT molecular complexity index is 262. The molecule has 1 aliphatic carbocycles. The number of hydrogen-bond donors (Lipinski definition) is 2. The van der Waals surface area contributed by atoms with Crippen LogP contribution < -0.4 is 5.73 Å². The first-order valence-corrected chi connectivity index (χ1v) is 6.79. The lowest BCUT2D eigenvalue weighted by molar-refractivity contribution is 0.0375. The van der Waals surface area contributed by atoms with Crippen LogP contribution in [0.1, 0.15) is 39.0 Å². The minimum absolute atomic E-state index is 0.105. The molecular formula is C13H26N2O2. The fourth-order valence-electron chi connectivity index (χ4n) is 3.38. The Hall–Kier alpha value is -0.160. The zero-order chi connectivity index (χ0) is 12.5. The lowest BCUT2D eigenvalue weighted by atomic mass is 9.79. The average molecular weight is 242 g/mol. The Labute approximate surface area is 104 Å². The number of nitrogens with two attached hydrogens (primary N) is 1. The highest BCUT2D eigenvalue weighted by atomic mass is 16.5. The monoisotopic (exact) mass is 242 g/mol. The Balaban J connectivity index is 1.97. The normalized spacial score (nSPS) is 43.2. The van der Waals surface area contributed by atoms with E-state index in [4.69, 9.17) is 10.5 Å². The van der Waals surface area contributed by atoms with Crippen molar-refractivity contribution in [3.05, 3.63) is 0 Å². The first kappa shape index (κ1) is 13.3. The molecule has 1 saturated carbocycles. The van der Waals surface area contributed by atoms with Crippen LogP contribution in [0.25, 0.3) is 0 Å². The van der Waals surface area contributed by atoms with E-state index in [2.05, 4.69) is 18.9 Å². The summed E-state index contributed by atoms with van der Waals surface area (Å²) in [5, 5.41) is 9.40. The zero-order valence-corrected chi connectivity index (χ0v) is 11.1. The van der Waals surface area contributed by atoms with E-state index >= 15 is 0 Å². The highest BCUT2D eigenvalue weighted by molar-refractivity contribution is 4.95. The molecule has 0 aromatic carbocycles. The molecule has 4 nitrogen and oxygen atoms in total. The standard InChI is InChI=1S/C13H26N2O2/c1-10-12(5-7-17-10)15(2)11-4-3-6-13(14,8-11)9-16/h10-12,16H,3-9,14H2,1-2H3. The predicted octanol–water partition coefficient (Wildman–Crippen LogP) is 0.728. The van der Waals surface area contributed by atoms with Gasteiger partial charge in [-0.2, -0.15) is 0 Å². The van der Waals surface area contributed by atoms with Gasteiger partial charge in [0.05, 0.1) is 12.7 Å². The molecule has 0 spiro atoms. The number of hydrogen-bond acceptors (Lipinski definition) is 4. The first-order valence-electron chi connectivity index (χ1n) is 6.79. The molecule has 4 atom stereocenters. The van der Waals surface area contributed by atoms with Crippen LogP contribution in [0, 0.1) is 0 Å². The highest BCUT2D eigenvalue weighted by Gasteiger charge is 2.38. The first-order chi connectivity index (χ1) is 8.06. The van der Waals surface area contributed by atoms with E-state index < -0.39 is 0 Å². The summed E-state index contributed by atoms with van der Waals surface area (Å²) in [7, 11) is 2.18. The molecule has 0 bridgehead atoms. The van der Waals surface area contributed by atoms with E-state index in [0.29, 0.717) is 18.2 Å². The van der Waals surface area contributed by atoms with E-state index in [1.165, 1.54) is 6.42 Å². The van der Waals surface area contributed by atoms with Crippen LogP contribution in [0.5, 0.6) is 0 Å². The molecule has 1 heterocycles. The van der Waals surface area contributed by atoms with E-state index in [0.717, 1.165) is 32.3 Å². The molecule has 1 saturated heterocycles. The number of aliphatic hydroxyl groups is 1. The van der Waals surface area contributed by atoms with Crippen LogP contribution in [0.3, 0.4) is 0 Å². The van der Waals surface area contributed by atoms with Crippen molar-refractivity contribution in [1.82, 2.24) is 4.90 Å². The zero-order valence-electron chi connectivity index (χ0n) is 11.1. The van der Waals surface area contributed by atoms with Crippen LogP contribution >= 0.6 is 0 Å². The molecule has 3 N–H and O–H groups in total. The van der Waals surface area contributed by atoms with Crippen molar-refractivity contribution in [2.75, 3.05) is 20.3 Å². The van der Waals surface area contributed by atoms with Crippen molar-refractivity contribution in [3.8, 4) is 0 Å². The molecule has 2 aliphatic rings. The van der Waals surface area contributed by atoms with Crippen molar-refractivity contribution in [2.24, 2.45) is 5.73 Å². The van der Waals surface area contributed by atoms with Gasteiger partial charge in [0.25, 0.3) is 0 Å². The fourth-order valence-corrected chi connectivity index (χ4v) is 3.38. The summed E-state index contributed by atoms with van der Waals surface area (Å²) in [6, 6.07) is 1.01. The van der Waals surface area contributed by atoms with E-state index in [1.807, 2.05) is 0 Å². The molecule has 4 heteroatoms. The third-order valence-corrected chi connectivity index (χ3v) is 4.60. The van der Waals surface area contributed by atoms with Crippen molar-refractivity contribution >= 4 is 0 Å². The summed E-state index contributed by atoms with van der Waals surface area (Å²) < 4.78 is 5.63. The third-order valence-electron chi connectivity index (χ3n) is 4.60. The maximum absolute atomic E-state index is 9.40. The van der Waals surface area contributed by atoms with Crippen LogP contribution in [0.4, 0.5) is 0 Å². The average Bonchev–Trinajstić information content (AvgIpc) is 2.75. The second-order valence-electron chi connectivity index (χ2n) is 5.87. The van der Waals surface area contributed by atoms with Crippen LogP contribution in [-0.2, 0) is 4.74 Å². The summed E-state index contributed by atoms with van der Waals surface area (Å²) >= 11 is 0. The van der Waals surface area contributed by atoms with Gasteiger partial charge in [0, 0.05) is 24.2 Å². The summed E-state index contributed by atoms with van der Waals surface area (Å²) in [6.45, 7) is 3.13. The summed E-state index contributed by atoms with van der Waals surface area (Å²) in [5.74, 6) is 0. The van der Waals surface area contributed by atoms with Gasteiger partial charge in [-0.1, -0.05) is 0 Å². The molecule has 0 radical (unpaired) electrons. The fraction of sp³-hybridized carbons (Fsp3) is 1.00. The van der Waals surface area contributed by atoms with E-state index in [1.54, 1.807) is 0 Å². The third kappa shape index (κ3) is 2.81. The van der Waals surface area contributed by atoms with Crippen LogP contribution in [-0.4, -0.2) is 54.0 Å². The van der Waals surface area contributed by atoms with E-state index in [9.17, 15) is 5.11 Å². The maximum atomic E-state index is 9.40. The lowest BCUT2D eigenvalue weighted by Crippen LogP contribution is -2.54. The van der Waals surface area contributed by atoms with Crippen LogP contribution in [0.2, 0.25) is 0 Å². The Kier molecular flexibility index (Phi) is 4.08. The quantitative estimate of drug-likeness (QED) is 0.766. The van der Waals surface area contributed by atoms with Crippen LogP contribution in [0.15, 0.2) is 0 Å². The van der Waals surface area contributed by atoms with Gasteiger partial charge >= 0.3 is 0 Å². The summed E-state index contributed by atoms with van der Waals surface area (Å²) in [6.07, 6.45) is 5.61. The SMILES string of the molecule is CC1OCCC1N(C)C1CCCC(N)(CO)C1. The summed E-state index contributed by atoms with van der Waals surface area (Å²) in [5.41, 5.74) is 5.85. The topological polar surface area (TPSA) is 58.7 Å². The molecule has 1 aliphatic heterocycles. The molecule has 2 rings (SSSR count). The Morgan fingerprint density at radius 2 is 2.24 bits per heavy atom. The van der Waals surface area contributed by atoms with Gasteiger partial charge < -0.3 is 15.6 Å². The lowest BCUT2D eigenvalue weighted by Gasteiger charge is -2.43. The van der Waals surface area contributed by atoms with Crippen molar-refractivity contribution in [3.63, 3.8) is 0 Å². The second kappa shape index (κ2) is 5.22. The smallest absolute Gasteiger partial charge is 0.0703 e. The predicted molar refractivity (Wildman–Crippen MR) is 67.8 cm³/mol. The van der Waals surface area contributed by atoms with Gasteiger partial charge in [0.1, 0.15) is 0 Å². The minimum Gasteiger partial charge on any atom is -0.394 e. The highest BCUT2D eigenvalue weighted by Crippen LogP contribution is 2.31. The largest absolute Gasteiger partial charge is 0.394 e. The van der Waals surface area contributed by atoms with Gasteiger partial charge in [-0.3, -0.25) is 4.90 Å². The Morgan fingerprint density at radius 1 is 1.47 bits per heavy atom. The number of nitrogens with zero attached hydrogens (tertiary/aromatic N) is 1. The van der Waals surface area contributed by atoms with Crippen molar-refractivity contribution in [2.45, 2.75) is 62.8 Å². The van der Waals surface area contributed by atoms with Gasteiger partial charge in [0.2, 0.25) is 0 Å². The molecule has 100 valence electrons. The molecule has 17 heavy (non-hydrogen) atoms. The number of aliphatic hydroxyl groups excluding tert-OH is 1. The van der Waals surface area contributed by atoms with E-state index in [-0.39, 0.29) is 12.1 Å². The summed E-state index contributed by atoms with van der Waals surface area (Å²) in [4.78, 5) is 2.44. The van der Waals surface area contributed by atoms with Gasteiger partial charge in [-0.25, -0.2) is 0 Å². The number of likely N-dealkylation sites (N-methyl/N-ethyl adjacent to an activating group) is 1. The molecule has 2 fully saturated rings. The molecular weight excluding hydrogens is 216 g/mol. The Morgan fingerprint density at radius 3 is 2.82 bits per heavy atom. The minimum atomic E-state index is -0.361. The molecule has 0 aromatic heterocycles. The van der Waals surface area contributed by atoms with Crippen molar-refractivity contribution < 1.29 is 9.84 Å². The van der Waals surface area contributed by atoms with Gasteiger partial charge in [-0.05, 0) is 46.1 Å². The van der Waals surface area contributed by atoms with Crippen molar-refractivity contribution in [1.29, 1.82) is 0 Å². The second-order valence-corrected chi connectivity index (χ2v) is 5.87. The van der Waals surface area contributed by atoms with Gasteiger partial charge in [-0.15, -0.1) is 0 Å². The maximum Gasteiger partial charge on any atom is 0.0703 e.